The topological polar surface area (TPSA) is 43.1 Å². The van der Waals surface area contributed by atoms with Crippen LogP contribution in [0.2, 0.25) is 0 Å². The van der Waals surface area contributed by atoms with Crippen LogP contribution < -0.4 is 0 Å². The summed E-state index contributed by atoms with van der Waals surface area (Å²) < 4.78 is 2.83. The van der Waals surface area contributed by atoms with Gasteiger partial charge in [-0.15, -0.1) is 10.2 Å². The van der Waals surface area contributed by atoms with E-state index in [1.807, 2.05) is 40.9 Å². The van der Waals surface area contributed by atoms with E-state index in [2.05, 4.69) is 50.3 Å². The van der Waals surface area contributed by atoms with Crippen molar-refractivity contribution in [1.82, 2.24) is 19.8 Å². The molecule has 0 atom stereocenters. The summed E-state index contributed by atoms with van der Waals surface area (Å²) in [7, 11) is 0. The summed E-state index contributed by atoms with van der Waals surface area (Å²) in [5.41, 5.74) is 3.30. The molecule has 0 aliphatic heterocycles. The van der Waals surface area contributed by atoms with Gasteiger partial charge in [0.25, 0.3) is 0 Å². The van der Waals surface area contributed by atoms with E-state index in [0.717, 1.165) is 31.4 Å². The number of fused-ring (bicyclic) bond motifs is 1. The number of benzene rings is 2. The van der Waals surface area contributed by atoms with Gasteiger partial charge >= 0.3 is 0 Å². The van der Waals surface area contributed by atoms with Crippen LogP contribution in [0.5, 0.6) is 0 Å². The van der Waals surface area contributed by atoms with E-state index in [9.17, 15) is 0 Å². The molecule has 0 unspecified atom stereocenters. The van der Waals surface area contributed by atoms with Gasteiger partial charge in [0.05, 0.1) is 0 Å². The molecule has 0 bridgehead atoms. The first-order chi connectivity index (χ1) is 10.7. The molecule has 4 rings (SSSR count). The standard InChI is InChI=1S/C16H11BrN4S/c1-10-6-8-11(9-7-10)14-18-19-16-21(14)20-15(22-16)12-4-2-3-5-13(12)17/h2-9H,1H3. The molecule has 22 heavy (non-hydrogen) atoms. The fourth-order valence-electron chi connectivity index (χ4n) is 2.24. The second kappa shape index (κ2) is 5.30. The van der Waals surface area contributed by atoms with E-state index in [4.69, 9.17) is 0 Å². The number of rotatable bonds is 2. The molecule has 0 fully saturated rings. The second-order valence-electron chi connectivity index (χ2n) is 4.97. The fourth-order valence-corrected chi connectivity index (χ4v) is 3.73. The maximum atomic E-state index is 4.68. The molecule has 2 aromatic carbocycles. The predicted octanol–water partition coefficient (Wildman–Crippen LogP) is 4.59. The largest absolute Gasteiger partial charge is 0.235 e. The SMILES string of the molecule is Cc1ccc(-c2nnc3sc(-c4ccccc4Br)nn23)cc1. The summed E-state index contributed by atoms with van der Waals surface area (Å²) in [6.07, 6.45) is 0. The molecule has 0 amide bonds. The Balaban J connectivity index is 1.86. The van der Waals surface area contributed by atoms with Crippen molar-refractivity contribution >= 4 is 32.2 Å². The lowest BCUT2D eigenvalue weighted by Gasteiger charge is -1.99. The van der Waals surface area contributed by atoms with E-state index >= 15 is 0 Å². The van der Waals surface area contributed by atoms with Crippen LogP contribution in [0.25, 0.3) is 26.9 Å². The average molecular weight is 371 g/mol. The lowest BCUT2D eigenvalue weighted by molar-refractivity contribution is 0.970. The zero-order valence-electron chi connectivity index (χ0n) is 11.7. The minimum atomic E-state index is 0.768. The van der Waals surface area contributed by atoms with Crippen LogP contribution in [-0.2, 0) is 0 Å². The third kappa shape index (κ3) is 2.24. The summed E-state index contributed by atoms with van der Waals surface area (Å²) in [6, 6.07) is 16.3. The Morgan fingerprint density at radius 1 is 1.00 bits per heavy atom. The molecular weight excluding hydrogens is 360 g/mol. The molecule has 4 nitrogen and oxygen atoms in total. The third-order valence-electron chi connectivity index (χ3n) is 3.40. The predicted molar refractivity (Wildman–Crippen MR) is 92.0 cm³/mol. The lowest BCUT2D eigenvalue weighted by Crippen LogP contribution is -1.91. The van der Waals surface area contributed by atoms with E-state index in [1.165, 1.54) is 16.9 Å². The highest BCUT2D eigenvalue weighted by atomic mass is 79.9. The van der Waals surface area contributed by atoms with Gasteiger partial charge in [-0.3, -0.25) is 0 Å². The van der Waals surface area contributed by atoms with Crippen LogP contribution in [0.15, 0.2) is 53.0 Å². The van der Waals surface area contributed by atoms with Crippen LogP contribution in [-0.4, -0.2) is 19.8 Å². The first-order valence-electron chi connectivity index (χ1n) is 6.76. The van der Waals surface area contributed by atoms with Gasteiger partial charge < -0.3 is 0 Å². The van der Waals surface area contributed by atoms with Crippen molar-refractivity contribution in [2.45, 2.75) is 6.92 Å². The van der Waals surface area contributed by atoms with Crippen LogP contribution in [0, 0.1) is 6.92 Å². The smallest absolute Gasteiger partial charge is 0.182 e. The normalized spacial score (nSPS) is 11.2. The highest BCUT2D eigenvalue weighted by molar-refractivity contribution is 9.10. The van der Waals surface area contributed by atoms with Crippen LogP contribution >= 0.6 is 27.3 Å². The Labute approximate surface area is 139 Å². The van der Waals surface area contributed by atoms with E-state index in [0.29, 0.717) is 0 Å². The highest BCUT2D eigenvalue weighted by Gasteiger charge is 2.15. The number of halogens is 1. The van der Waals surface area contributed by atoms with Gasteiger partial charge in [0.2, 0.25) is 4.96 Å². The van der Waals surface area contributed by atoms with E-state index in [1.54, 1.807) is 0 Å². The summed E-state index contributed by atoms with van der Waals surface area (Å²) in [5.74, 6) is 0.768. The Morgan fingerprint density at radius 3 is 2.55 bits per heavy atom. The summed E-state index contributed by atoms with van der Waals surface area (Å²) in [5, 5.41) is 14.1. The van der Waals surface area contributed by atoms with Crippen molar-refractivity contribution in [3.05, 3.63) is 58.6 Å². The first-order valence-corrected chi connectivity index (χ1v) is 8.37. The molecular formula is C16H11BrN4S. The molecule has 0 saturated heterocycles. The van der Waals surface area contributed by atoms with Crippen molar-refractivity contribution in [2.75, 3.05) is 0 Å². The van der Waals surface area contributed by atoms with E-state index in [-0.39, 0.29) is 0 Å². The van der Waals surface area contributed by atoms with Gasteiger partial charge in [0, 0.05) is 15.6 Å². The Kier molecular flexibility index (Phi) is 3.28. The highest BCUT2D eigenvalue weighted by Crippen LogP contribution is 2.32. The number of aromatic nitrogens is 4. The molecule has 0 saturated carbocycles. The molecule has 4 aromatic rings. The Morgan fingerprint density at radius 2 is 1.77 bits per heavy atom. The van der Waals surface area contributed by atoms with Crippen LogP contribution in [0.1, 0.15) is 5.56 Å². The van der Waals surface area contributed by atoms with Crippen molar-refractivity contribution in [1.29, 1.82) is 0 Å². The van der Waals surface area contributed by atoms with Crippen LogP contribution in [0.3, 0.4) is 0 Å². The molecule has 108 valence electrons. The van der Waals surface area contributed by atoms with Crippen LogP contribution in [0.4, 0.5) is 0 Å². The van der Waals surface area contributed by atoms with Gasteiger partial charge in [0.1, 0.15) is 5.01 Å². The zero-order chi connectivity index (χ0) is 15.1. The van der Waals surface area contributed by atoms with Gasteiger partial charge in [-0.05, 0) is 13.0 Å². The lowest BCUT2D eigenvalue weighted by atomic mass is 10.1. The van der Waals surface area contributed by atoms with Crippen molar-refractivity contribution in [3.63, 3.8) is 0 Å². The fraction of sp³-hybridized carbons (Fsp3) is 0.0625. The first kappa shape index (κ1) is 13.6. The maximum absolute atomic E-state index is 4.68. The third-order valence-corrected chi connectivity index (χ3v) is 5.03. The molecule has 2 aromatic heterocycles. The quantitative estimate of drug-likeness (QED) is 0.518. The minimum Gasteiger partial charge on any atom is -0.182 e. The monoisotopic (exact) mass is 370 g/mol. The van der Waals surface area contributed by atoms with Gasteiger partial charge in [-0.1, -0.05) is 75.3 Å². The summed E-state index contributed by atoms with van der Waals surface area (Å²) >= 11 is 5.10. The van der Waals surface area contributed by atoms with E-state index < -0.39 is 0 Å². The minimum absolute atomic E-state index is 0.768. The van der Waals surface area contributed by atoms with Crippen molar-refractivity contribution < 1.29 is 0 Å². The molecule has 0 aliphatic rings. The van der Waals surface area contributed by atoms with Crippen molar-refractivity contribution in [3.8, 4) is 22.0 Å². The second-order valence-corrected chi connectivity index (χ2v) is 6.78. The number of hydrogen-bond donors (Lipinski definition) is 0. The Bertz CT molecular complexity index is 956. The molecule has 0 radical (unpaired) electrons. The number of hydrogen-bond acceptors (Lipinski definition) is 4. The number of aryl methyl sites for hydroxylation is 1. The molecule has 0 N–H and O–H groups in total. The average Bonchev–Trinajstić information content (AvgIpc) is 3.09. The van der Waals surface area contributed by atoms with Crippen molar-refractivity contribution in [2.24, 2.45) is 0 Å². The number of nitrogens with zero attached hydrogens (tertiary/aromatic N) is 4. The maximum Gasteiger partial charge on any atom is 0.235 e. The molecule has 2 heterocycles. The molecule has 0 aliphatic carbocycles. The van der Waals surface area contributed by atoms with Gasteiger partial charge in [-0.2, -0.15) is 9.61 Å². The zero-order valence-corrected chi connectivity index (χ0v) is 14.1. The summed E-state index contributed by atoms with van der Waals surface area (Å²) in [6.45, 7) is 2.07. The Hall–Kier alpha value is -2.05. The van der Waals surface area contributed by atoms with Gasteiger partial charge in [0.15, 0.2) is 5.82 Å². The summed E-state index contributed by atoms with van der Waals surface area (Å²) in [4.78, 5) is 0.793. The van der Waals surface area contributed by atoms with Gasteiger partial charge in [-0.25, -0.2) is 0 Å². The molecule has 0 spiro atoms. The molecule has 6 heteroatoms.